The van der Waals surface area contributed by atoms with Crippen LogP contribution in [0.4, 0.5) is 0 Å². The number of benzene rings is 1. The molecular formula is C23H28N2O6. The standard InChI is InChI=1S/C23H28N2O6/c1-14-7-9-17(31-14)20-19(22(27)23(28)25(20)12-6-11-24(2)3)21(26)15-8-10-16(29-4)18(13-15)30-5/h7-10,13,20,26H,6,11-12H2,1-5H3/b21-19+/t20-/m0/s1. The highest BCUT2D eigenvalue weighted by molar-refractivity contribution is 6.46. The number of nitrogens with zero attached hydrogens (tertiary/aromatic N) is 2. The molecule has 0 spiro atoms. The number of Topliss-reactive ketones (excluding diaryl/α,β-unsaturated/α-hetero) is 1. The molecule has 1 atom stereocenters. The Kier molecular flexibility index (Phi) is 6.70. The minimum Gasteiger partial charge on any atom is -0.507 e. The Balaban J connectivity index is 2.09. The first-order valence-corrected chi connectivity index (χ1v) is 10.00. The number of aryl methyl sites for hydroxylation is 1. The van der Waals surface area contributed by atoms with Crippen LogP contribution in [0.1, 0.15) is 29.5 Å². The van der Waals surface area contributed by atoms with Crippen molar-refractivity contribution in [3.63, 3.8) is 0 Å². The van der Waals surface area contributed by atoms with Crippen molar-refractivity contribution < 1.29 is 28.6 Å². The Hall–Kier alpha value is -3.26. The van der Waals surface area contributed by atoms with Crippen molar-refractivity contribution in [2.75, 3.05) is 41.4 Å². The largest absolute Gasteiger partial charge is 0.507 e. The maximum absolute atomic E-state index is 13.0. The molecular weight excluding hydrogens is 400 g/mol. The summed E-state index contributed by atoms with van der Waals surface area (Å²) in [5.41, 5.74) is 0.341. The summed E-state index contributed by atoms with van der Waals surface area (Å²) in [5, 5.41) is 11.1. The molecule has 1 saturated heterocycles. The highest BCUT2D eigenvalue weighted by Crippen LogP contribution is 2.41. The molecule has 2 heterocycles. The van der Waals surface area contributed by atoms with E-state index in [0.29, 0.717) is 41.5 Å². The molecule has 1 aliphatic rings. The third-order valence-electron chi connectivity index (χ3n) is 5.23. The van der Waals surface area contributed by atoms with Crippen molar-refractivity contribution in [1.29, 1.82) is 0 Å². The van der Waals surface area contributed by atoms with Crippen molar-refractivity contribution in [2.45, 2.75) is 19.4 Å². The zero-order valence-corrected chi connectivity index (χ0v) is 18.5. The lowest BCUT2D eigenvalue weighted by Gasteiger charge is -2.24. The fourth-order valence-electron chi connectivity index (χ4n) is 3.70. The summed E-state index contributed by atoms with van der Waals surface area (Å²) >= 11 is 0. The number of furan rings is 1. The molecule has 1 aromatic heterocycles. The molecule has 0 saturated carbocycles. The van der Waals surface area contributed by atoms with E-state index < -0.39 is 17.7 Å². The Labute approximate surface area is 181 Å². The summed E-state index contributed by atoms with van der Waals surface area (Å²) in [6.07, 6.45) is 0.673. The molecule has 31 heavy (non-hydrogen) atoms. The normalized spacial score (nSPS) is 18.1. The van der Waals surface area contributed by atoms with Gasteiger partial charge in [0.1, 0.15) is 23.3 Å². The molecule has 0 aliphatic carbocycles. The smallest absolute Gasteiger partial charge is 0.295 e. The second-order valence-electron chi connectivity index (χ2n) is 7.67. The predicted octanol–water partition coefficient (Wildman–Crippen LogP) is 2.98. The topological polar surface area (TPSA) is 92.5 Å². The second-order valence-corrected chi connectivity index (χ2v) is 7.67. The van der Waals surface area contributed by atoms with Crippen molar-refractivity contribution in [3.05, 3.63) is 53.0 Å². The SMILES string of the molecule is COc1ccc(/C(O)=C2\C(=O)C(=O)N(CCCN(C)C)[C@H]2c2ccc(C)o2)cc1OC. The molecule has 0 radical (unpaired) electrons. The van der Waals surface area contributed by atoms with Gasteiger partial charge in [0.25, 0.3) is 11.7 Å². The number of ketones is 1. The van der Waals surface area contributed by atoms with Crippen molar-refractivity contribution in [1.82, 2.24) is 9.80 Å². The minimum atomic E-state index is -0.802. The molecule has 1 aromatic carbocycles. The number of hydrogen-bond donors (Lipinski definition) is 1. The molecule has 1 aliphatic heterocycles. The van der Waals surface area contributed by atoms with Gasteiger partial charge in [-0.2, -0.15) is 0 Å². The van der Waals surface area contributed by atoms with Crippen molar-refractivity contribution >= 4 is 17.4 Å². The van der Waals surface area contributed by atoms with Gasteiger partial charge in [-0.05, 0) is 64.3 Å². The van der Waals surface area contributed by atoms with E-state index in [1.165, 1.54) is 19.1 Å². The maximum Gasteiger partial charge on any atom is 0.295 e. The average Bonchev–Trinajstić information content (AvgIpc) is 3.28. The van der Waals surface area contributed by atoms with Crippen LogP contribution in [0.3, 0.4) is 0 Å². The van der Waals surface area contributed by atoms with Crippen molar-refractivity contribution in [2.24, 2.45) is 0 Å². The number of aliphatic hydroxyl groups is 1. The Morgan fingerprint density at radius 3 is 2.42 bits per heavy atom. The highest BCUT2D eigenvalue weighted by atomic mass is 16.5. The van der Waals surface area contributed by atoms with Gasteiger partial charge < -0.3 is 28.8 Å². The monoisotopic (exact) mass is 428 g/mol. The Morgan fingerprint density at radius 1 is 1.13 bits per heavy atom. The number of aliphatic hydroxyl groups excluding tert-OH is 1. The Bertz CT molecular complexity index is 1010. The van der Waals surface area contributed by atoms with Gasteiger partial charge in [-0.15, -0.1) is 0 Å². The van der Waals surface area contributed by atoms with E-state index in [4.69, 9.17) is 13.9 Å². The molecule has 2 aromatic rings. The number of hydrogen-bond acceptors (Lipinski definition) is 7. The number of rotatable bonds is 8. The quantitative estimate of drug-likeness (QED) is 0.393. The summed E-state index contributed by atoms with van der Waals surface area (Å²) in [7, 11) is 6.88. The number of likely N-dealkylation sites (tertiary alicyclic amines) is 1. The molecule has 166 valence electrons. The van der Waals surface area contributed by atoms with Crippen LogP contribution in [0.25, 0.3) is 5.76 Å². The van der Waals surface area contributed by atoms with Gasteiger partial charge in [-0.1, -0.05) is 0 Å². The third kappa shape index (κ3) is 4.44. The summed E-state index contributed by atoms with van der Waals surface area (Å²) in [4.78, 5) is 29.3. The lowest BCUT2D eigenvalue weighted by Crippen LogP contribution is -2.32. The molecule has 8 heteroatoms. The van der Waals surface area contributed by atoms with Gasteiger partial charge in [-0.3, -0.25) is 9.59 Å². The van der Waals surface area contributed by atoms with Crippen LogP contribution in [0.5, 0.6) is 11.5 Å². The van der Waals surface area contributed by atoms with Gasteiger partial charge in [0, 0.05) is 12.1 Å². The van der Waals surface area contributed by atoms with E-state index >= 15 is 0 Å². The second kappa shape index (κ2) is 9.26. The fourth-order valence-corrected chi connectivity index (χ4v) is 3.70. The Morgan fingerprint density at radius 2 is 1.84 bits per heavy atom. The van der Waals surface area contributed by atoms with Gasteiger partial charge in [0.2, 0.25) is 0 Å². The van der Waals surface area contributed by atoms with Gasteiger partial charge in [0.15, 0.2) is 11.5 Å². The van der Waals surface area contributed by atoms with Crippen LogP contribution in [0.15, 0.2) is 40.3 Å². The van der Waals surface area contributed by atoms with Crippen LogP contribution in [-0.4, -0.2) is 68.0 Å². The van der Waals surface area contributed by atoms with Gasteiger partial charge in [0.05, 0.1) is 19.8 Å². The number of carbonyl (C=O) groups excluding carboxylic acids is 2. The van der Waals surface area contributed by atoms with Crippen LogP contribution in [0.2, 0.25) is 0 Å². The van der Waals surface area contributed by atoms with Crippen LogP contribution in [-0.2, 0) is 9.59 Å². The number of methoxy groups -OCH3 is 2. The summed E-state index contributed by atoms with van der Waals surface area (Å²) in [6.45, 7) is 2.90. The molecule has 1 N–H and O–H groups in total. The number of ether oxygens (including phenoxy) is 2. The van der Waals surface area contributed by atoms with E-state index in [1.807, 2.05) is 19.0 Å². The zero-order chi connectivity index (χ0) is 22.7. The van der Waals surface area contributed by atoms with E-state index in [2.05, 4.69) is 0 Å². The van der Waals surface area contributed by atoms with E-state index in [-0.39, 0.29) is 11.3 Å². The van der Waals surface area contributed by atoms with Crippen LogP contribution in [0, 0.1) is 6.92 Å². The van der Waals surface area contributed by atoms with Crippen LogP contribution < -0.4 is 9.47 Å². The molecule has 1 amide bonds. The first kappa shape index (κ1) is 22.4. The van der Waals surface area contributed by atoms with Crippen LogP contribution >= 0.6 is 0 Å². The van der Waals surface area contributed by atoms with E-state index in [1.54, 1.807) is 37.3 Å². The van der Waals surface area contributed by atoms with Crippen molar-refractivity contribution in [3.8, 4) is 11.5 Å². The fraction of sp³-hybridized carbons (Fsp3) is 0.391. The lowest BCUT2D eigenvalue weighted by atomic mass is 9.99. The summed E-state index contributed by atoms with van der Waals surface area (Å²) in [5.74, 6) is 0.298. The van der Waals surface area contributed by atoms with Gasteiger partial charge >= 0.3 is 0 Å². The molecule has 0 unspecified atom stereocenters. The summed E-state index contributed by atoms with van der Waals surface area (Å²) < 4.78 is 16.3. The molecule has 3 rings (SSSR count). The number of amides is 1. The van der Waals surface area contributed by atoms with E-state index in [9.17, 15) is 14.7 Å². The average molecular weight is 428 g/mol. The summed E-state index contributed by atoms with van der Waals surface area (Å²) in [6, 6.07) is 7.51. The number of carbonyl (C=O) groups is 2. The maximum atomic E-state index is 13.0. The highest BCUT2D eigenvalue weighted by Gasteiger charge is 2.47. The first-order chi connectivity index (χ1) is 14.8. The first-order valence-electron chi connectivity index (χ1n) is 10.00. The molecule has 0 bridgehead atoms. The third-order valence-corrected chi connectivity index (χ3v) is 5.23. The molecule has 1 fully saturated rings. The lowest BCUT2D eigenvalue weighted by molar-refractivity contribution is -0.140. The van der Waals surface area contributed by atoms with Gasteiger partial charge in [-0.25, -0.2) is 0 Å². The minimum absolute atomic E-state index is 0.00331. The predicted molar refractivity (Wildman–Crippen MR) is 115 cm³/mol. The zero-order valence-electron chi connectivity index (χ0n) is 18.5. The molecule has 8 nitrogen and oxygen atoms in total. The van der Waals surface area contributed by atoms with E-state index in [0.717, 1.165) is 6.54 Å².